The Morgan fingerprint density at radius 1 is 1.02 bits per heavy atom. The molecule has 2 aliphatic heterocycles. The van der Waals surface area contributed by atoms with E-state index in [9.17, 15) is 39.9 Å². The average Bonchev–Trinajstić information content (AvgIpc) is 2.90. The number of carbonyl (C=O) groups excluding carboxylic acids is 1. The number of piperidine rings is 2. The molecule has 2 saturated heterocycles. The summed E-state index contributed by atoms with van der Waals surface area (Å²) in [4.78, 5) is 38.9. The Bertz CT molecular complexity index is 1370. The van der Waals surface area contributed by atoms with Crippen molar-refractivity contribution in [1.29, 1.82) is 5.26 Å². The molecule has 2 N–H and O–H groups in total. The summed E-state index contributed by atoms with van der Waals surface area (Å²) in [5, 5.41) is 23.4. The Morgan fingerprint density at radius 2 is 1.61 bits per heavy atom. The standard InChI is InChI=1S/C23H24F2N4O.2C2HF3O2/c1-17-5-3-9-27-20(17)13-28-15-22(14-23(24,25)16-28)8-4-10-29(21(22)30)19-7-2-6-18(11-19)12-26;2*3-2(4,5)1(6)7/h2-3,5-7,9,11H,4,8,10,13-16H2,1H3;2*(H,6,7). The van der Waals surface area contributed by atoms with Gasteiger partial charge in [-0.3, -0.25) is 14.7 Å². The van der Waals surface area contributed by atoms with Crippen molar-refractivity contribution in [3.63, 3.8) is 0 Å². The first-order chi connectivity index (χ1) is 20.2. The number of benzene rings is 1. The number of aliphatic carboxylic acids is 2. The molecule has 44 heavy (non-hydrogen) atoms. The lowest BCUT2D eigenvalue weighted by Gasteiger charge is -2.49. The molecule has 17 heteroatoms. The number of pyridine rings is 1. The van der Waals surface area contributed by atoms with Crippen LogP contribution in [0.25, 0.3) is 0 Å². The number of halogens is 8. The van der Waals surface area contributed by atoms with Gasteiger partial charge in [-0.2, -0.15) is 31.6 Å². The highest BCUT2D eigenvalue weighted by Crippen LogP contribution is 2.46. The Labute approximate surface area is 245 Å². The van der Waals surface area contributed by atoms with E-state index in [4.69, 9.17) is 25.1 Å². The van der Waals surface area contributed by atoms with Crippen LogP contribution in [0.4, 0.5) is 40.8 Å². The smallest absolute Gasteiger partial charge is 0.475 e. The third-order valence-electron chi connectivity index (χ3n) is 6.58. The largest absolute Gasteiger partial charge is 0.490 e. The summed E-state index contributed by atoms with van der Waals surface area (Å²) in [6.45, 7) is 2.59. The molecule has 1 amide bonds. The van der Waals surface area contributed by atoms with Crippen molar-refractivity contribution in [2.45, 2.75) is 51.0 Å². The molecule has 2 fully saturated rings. The monoisotopic (exact) mass is 638 g/mol. The Hall–Kier alpha value is -4.33. The van der Waals surface area contributed by atoms with E-state index < -0.39 is 42.0 Å². The number of carboxylic acids is 2. The summed E-state index contributed by atoms with van der Waals surface area (Å²) in [5.41, 5.74) is 1.61. The zero-order valence-electron chi connectivity index (χ0n) is 22.9. The lowest BCUT2D eigenvalue weighted by molar-refractivity contribution is -0.193. The van der Waals surface area contributed by atoms with Crippen molar-refractivity contribution >= 4 is 23.5 Å². The van der Waals surface area contributed by atoms with Gasteiger partial charge in [0.15, 0.2) is 0 Å². The second-order valence-electron chi connectivity index (χ2n) is 10.1. The number of likely N-dealkylation sites (tertiary alicyclic amines) is 1. The quantitative estimate of drug-likeness (QED) is 0.440. The summed E-state index contributed by atoms with van der Waals surface area (Å²) >= 11 is 0. The molecule has 1 atom stereocenters. The number of rotatable bonds is 3. The number of anilines is 1. The molecule has 1 aromatic heterocycles. The van der Waals surface area contributed by atoms with Crippen molar-refractivity contribution in [3.8, 4) is 6.07 Å². The third-order valence-corrected chi connectivity index (χ3v) is 6.58. The number of hydrogen-bond acceptors (Lipinski definition) is 6. The highest BCUT2D eigenvalue weighted by molar-refractivity contribution is 5.99. The van der Waals surface area contributed by atoms with Crippen molar-refractivity contribution in [2.24, 2.45) is 5.41 Å². The minimum absolute atomic E-state index is 0.272. The number of nitrogens with zero attached hydrogens (tertiary/aromatic N) is 4. The minimum atomic E-state index is -5.08. The van der Waals surface area contributed by atoms with Gasteiger partial charge in [-0.25, -0.2) is 18.4 Å². The number of carboxylic acid groups (broad SMARTS) is 2. The van der Waals surface area contributed by atoms with E-state index >= 15 is 0 Å². The van der Waals surface area contributed by atoms with Crippen LogP contribution in [0.3, 0.4) is 0 Å². The van der Waals surface area contributed by atoms with E-state index in [2.05, 4.69) is 11.1 Å². The topological polar surface area (TPSA) is 135 Å². The maximum absolute atomic E-state index is 14.8. The van der Waals surface area contributed by atoms with Crippen LogP contribution in [0.2, 0.25) is 0 Å². The van der Waals surface area contributed by atoms with Crippen LogP contribution in [0, 0.1) is 23.7 Å². The van der Waals surface area contributed by atoms with Gasteiger partial charge in [0.1, 0.15) is 0 Å². The number of aryl methyl sites for hydroxylation is 1. The van der Waals surface area contributed by atoms with Crippen LogP contribution in [0.15, 0.2) is 42.6 Å². The molecular weight excluding hydrogens is 612 g/mol. The molecule has 0 saturated carbocycles. The third kappa shape index (κ3) is 9.86. The first-order valence-electron chi connectivity index (χ1n) is 12.6. The molecule has 3 heterocycles. The fourth-order valence-corrected chi connectivity index (χ4v) is 4.80. The first kappa shape index (κ1) is 35.9. The molecule has 0 radical (unpaired) electrons. The van der Waals surface area contributed by atoms with Crippen molar-refractivity contribution in [2.75, 3.05) is 24.5 Å². The first-order valence-corrected chi connectivity index (χ1v) is 12.6. The number of alkyl halides is 8. The molecule has 0 bridgehead atoms. The molecule has 1 spiro atoms. The van der Waals surface area contributed by atoms with Gasteiger partial charge in [0.05, 0.1) is 29.3 Å². The highest BCUT2D eigenvalue weighted by Gasteiger charge is 2.55. The Balaban J connectivity index is 0.000000402. The number of nitriles is 1. The summed E-state index contributed by atoms with van der Waals surface area (Å²) in [5.74, 6) is -8.74. The van der Waals surface area contributed by atoms with Crippen LogP contribution < -0.4 is 4.90 Å². The van der Waals surface area contributed by atoms with E-state index in [1.54, 1.807) is 40.3 Å². The van der Waals surface area contributed by atoms with Gasteiger partial charge in [0.25, 0.3) is 5.92 Å². The van der Waals surface area contributed by atoms with Crippen LogP contribution in [-0.2, 0) is 20.9 Å². The van der Waals surface area contributed by atoms with E-state index in [0.29, 0.717) is 37.2 Å². The van der Waals surface area contributed by atoms with Gasteiger partial charge < -0.3 is 15.1 Å². The highest BCUT2D eigenvalue weighted by atomic mass is 19.4. The molecule has 0 aliphatic carbocycles. The molecule has 2 aromatic rings. The Morgan fingerprint density at radius 3 is 2.14 bits per heavy atom. The van der Waals surface area contributed by atoms with Gasteiger partial charge in [-0.05, 0) is 49.6 Å². The van der Waals surface area contributed by atoms with Crippen LogP contribution in [-0.4, -0.2) is 75.9 Å². The molecular formula is C27H26F8N4O5. The van der Waals surface area contributed by atoms with E-state index in [1.807, 2.05) is 19.1 Å². The minimum Gasteiger partial charge on any atom is -0.475 e. The van der Waals surface area contributed by atoms with Gasteiger partial charge in [0.2, 0.25) is 5.91 Å². The SMILES string of the molecule is Cc1cccnc1CN1CC(F)(F)CC2(CCCN(c3cccc(C#N)c3)C2=O)C1.O=C(O)C(F)(F)F.O=C(O)C(F)(F)F. The van der Waals surface area contributed by atoms with Crippen molar-refractivity contribution < 1.29 is 59.7 Å². The molecule has 4 rings (SSSR count). The molecule has 1 unspecified atom stereocenters. The van der Waals surface area contributed by atoms with E-state index in [1.165, 1.54) is 0 Å². The fourth-order valence-electron chi connectivity index (χ4n) is 4.80. The molecule has 9 nitrogen and oxygen atoms in total. The summed E-state index contributed by atoms with van der Waals surface area (Å²) in [6.07, 6.45) is -7.86. The fraction of sp³-hybridized carbons (Fsp3) is 0.444. The summed E-state index contributed by atoms with van der Waals surface area (Å²) in [7, 11) is 0. The number of amides is 1. The average molecular weight is 639 g/mol. The molecule has 240 valence electrons. The number of aromatic nitrogens is 1. The predicted molar refractivity (Wildman–Crippen MR) is 136 cm³/mol. The van der Waals surface area contributed by atoms with Crippen molar-refractivity contribution in [1.82, 2.24) is 9.88 Å². The van der Waals surface area contributed by atoms with Gasteiger partial charge in [-0.15, -0.1) is 0 Å². The van der Waals surface area contributed by atoms with E-state index in [-0.39, 0.29) is 19.0 Å². The maximum Gasteiger partial charge on any atom is 0.490 e. The normalized spacial score (nSPS) is 20.0. The predicted octanol–water partition coefficient (Wildman–Crippen LogP) is 5.18. The number of hydrogen-bond donors (Lipinski definition) is 2. The second kappa shape index (κ2) is 14.0. The molecule has 2 aliphatic rings. The van der Waals surface area contributed by atoms with Crippen LogP contribution in [0.1, 0.15) is 36.1 Å². The lowest BCUT2D eigenvalue weighted by Crippen LogP contribution is -2.61. The van der Waals surface area contributed by atoms with Crippen molar-refractivity contribution in [3.05, 3.63) is 59.4 Å². The zero-order chi connectivity index (χ0) is 33.5. The van der Waals surface area contributed by atoms with Gasteiger partial charge in [-0.1, -0.05) is 12.1 Å². The molecule has 1 aromatic carbocycles. The lowest BCUT2D eigenvalue weighted by atomic mass is 9.71. The summed E-state index contributed by atoms with van der Waals surface area (Å²) < 4.78 is 93.1. The summed E-state index contributed by atoms with van der Waals surface area (Å²) in [6, 6.07) is 12.6. The van der Waals surface area contributed by atoms with Gasteiger partial charge >= 0.3 is 24.3 Å². The van der Waals surface area contributed by atoms with Crippen LogP contribution in [0.5, 0.6) is 0 Å². The number of carbonyl (C=O) groups is 3. The van der Waals surface area contributed by atoms with E-state index in [0.717, 1.165) is 11.3 Å². The second-order valence-corrected chi connectivity index (χ2v) is 10.1. The van der Waals surface area contributed by atoms with Gasteiger partial charge in [0, 0.05) is 37.9 Å². The zero-order valence-corrected chi connectivity index (χ0v) is 22.9. The Kier molecular flexibility index (Phi) is 11.4. The maximum atomic E-state index is 14.8. The van der Waals surface area contributed by atoms with Crippen LogP contribution >= 0.6 is 0 Å².